The van der Waals surface area contributed by atoms with Crippen LogP contribution in [0.5, 0.6) is 0 Å². The minimum atomic E-state index is -4.52. The van der Waals surface area contributed by atoms with Gasteiger partial charge in [0.1, 0.15) is 11.6 Å². The number of H-pyrrole nitrogens is 1. The maximum Gasteiger partial charge on any atom is 0.416 e. The first-order chi connectivity index (χ1) is 17.7. The number of carbonyl (C=O) groups is 2. The van der Waals surface area contributed by atoms with Crippen LogP contribution in [0.2, 0.25) is 0 Å². The van der Waals surface area contributed by atoms with Crippen LogP contribution in [0.3, 0.4) is 0 Å². The van der Waals surface area contributed by atoms with Crippen molar-refractivity contribution in [3.63, 3.8) is 0 Å². The molecule has 37 heavy (non-hydrogen) atoms. The number of benzene rings is 2. The molecule has 4 nitrogen and oxygen atoms in total. The van der Waals surface area contributed by atoms with Crippen LogP contribution in [0.4, 0.5) is 13.2 Å². The van der Waals surface area contributed by atoms with Crippen LogP contribution in [0.15, 0.2) is 66.4 Å². The number of fused-ring (bicyclic) bond motifs is 1. The van der Waals surface area contributed by atoms with Crippen molar-refractivity contribution in [2.24, 2.45) is 11.8 Å². The lowest BCUT2D eigenvalue weighted by Crippen LogP contribution is -2.32. The molecule has 1 saturated carbocycles. The fraction of sp³-hybridized carbons (Fsp3) is 0.300. The number of nitrogens with one attached hydrogen (secondary N) is 1. The first-order valence-electron chi connectivity index (χ1n) is 12.5. The van der Waals surface area contributed by atoms with E-state index >= 15 is 0 Å². The average Bonchev–Trinajstić information content (AvgIpc) is 3.37. The molecule has 2 aliphatic carbocycles. The van der Waals surface area contributed by atoms with E-state index < -0.39 is 23.6 Å². The van der Waals surface area contributed by atoms with Gasteiger partial charge < -0.3 is 4.98 Å². The molecule has 3 aromatic rings. The van der Waals surface area contributed by atoms with Crippen molar-refractivity contribution in [2.75, 3.05) is 0 Å². The Morgan fingerprint density at radius 3 is 2.51 bits per heavy atom. The number of carbonyl (C=O) groups excluding carboxylic acids is 2. The Labute approximate surface area is 213 Å². The normalized spacial score (nSPS) is 20.0. The molecular formula is C30H27F3N2O2. The molecule has 0 radical (unpaired) electrons. The van der Waals surface area contributed by atoms with Gasteiger partial charge in [0.05, 0.1) is 5.56 Å². The van der Waals surface area contributed by atoms with Crippen LogP contribution in [-0.2, 0) is 22.2 Å². The predicted octanol–water partition coefficient (Wildman–Crippen LogP) is 7.08. The monoisotopic (exact) mass is 504 g/mol. The summed E-state index contributed by atoms with van der Waals surface area (Å²) in [6, 6.07) is 12.6. The Morgan fingerprint density at radius 2 is 1.84 bits per heavy atom. The smallest absolute Gasteiger partial charge is 0.342 e. The molecule has 1 fully saturated rings. The lowest BCUT2D eigenvalue weighted by atomic mass is 9.66. The number of aryl methyl sites for hydroxylation is 1. The average molecular weight is 505 g/mol. The summed E-state index contributed by atoms with van der Waals surface area (Å²) < 4.78 is 41.2. The van der Waals surface area contributed by atoms with E-state index in [1.165, 1.54) is 13.0 Å². The molecule has 2 unspecified atom stereocenters. The highest BCUT2D eigenvalue weighted by Gasteiger charge is 2.41. The minimum Gasteiger partial charge on any atom is -0.342 e. The molecule has 1 N–H and O–H groups in total. The van der Waals surface area contributed by atoms with Crippen molar-refractivity contribution in [1.29, 1.82) is 0 Å². The van der Waals surface area contributed by atoms with Crippen LogP contribution >= 0.6 is 0 Å². The van der Waals surface area contributed by atoms with Gasteiger partial charge in [-0.2, -0.15) is 13.2 Å². The molecule has 0 spiro atoms. The quantitative estimate of drug-likeness (QED) is 0.404. The van der Waals surface area contributed by atoms with Gasteiger partial charge in [0, 0.05) is 29.3 Å². The number of ketones is 2. The summed E-state index contributed by atoms with van der Waals surface area (Å²) in [7, 11) is 0. The van der Waals surface area contributed by atoms with Crippen molar-refractivity contribution < 1.29 is 22.8 Å². The molecule has 190 valence electrons. The summed E-state index contributed by atoms with van der Waals surface area (Å²) in [6.45, 7) is 3.50. The SMILES string of the molecule is CCc1cnc(-c2ccccc2C2=CC(=O)C3CCCC(C(C)=O)C3=C2c2cccc(C(F)(F)F)c2)[nH]1. The number of alkyl halides is 3. The highest BCUT2D eigenvalue weighted by Crippen LogP contribution is 2.50. The Bertz CT molecular complexity index is 1440. The van der Waals surface area contributed by atoms with Gasteiger partial charge in [-0.3, -0.25) is 9.59 Å². The van der Waals surface area contributed by atoms with E-state index in [2.05, 4.69) is 9.97 Å². The van der Waals surface area contributed by atoms with Gasteiger partial charge in [0.2, 0.25) is 0 Å². The van der Waals surface area contributed by atoms with Crippen molar-refractivity contribution >= 4 is 22.7 Å². The summed E-state index contributed by atoms with van der Waals surface area (Å²) in [5, 5.41) is 0. The number of imidazole rings is 1. The number of nitrogens with zero attached hydrogens (tertiary/aromatic N) is 1. The summed E-state index contributed by atoms with van der Waals surface area (Å²) in [5.74, 6) is -0.611. The van der Waals surface area contributed by atoms with Gasteiger partial charge in [-0.05, 0) is 72.2 Å². The fourth-order valence-corrected chi connectivity index (χ4v) is 5.60. The van der Waals surface area contributed by atoms with Crippen molar-refractivity contribution in [2.45, 2.75) is 45.7 Å². The molecule has 0 aliphatic heterocycles. The maximum absolute atomic E-state index is 13.7. The zero-order chi connectivity index (χ0) is 26.3. The summed E-state index contributed by atoms with van der Waals surface area (Å²) in [6.07, 6.45) is 1.40. The standard InChI is InChI=1S/C30H27F3N2O2/c1-3-20-16-34-29(35-20)23-11-5-4-10-22(23)25-15-26(37)24-13-7-12-21(17(2)36)28(24)27(25)18-8-6-9-19(14-18)30(31,32)33/h4-6,8-11,14-16,21,24H,3,7,12-13H2,1-2H3,(H,34,35). The largest absolute Gasteiger partial charge is 0.416 e. The molecule has 2 aromatic carbocycles. The van der Waals surface area contributed by atoms with Crippen LogP contribution in [-0.4, -0.2) is 21.5 Å². The molecule has 2 atom stereocenters. The molecule has 1 aromatic heterocycles. The summed E-state index contributed by atoms with van der Waals surface area (Å²) in [5.41, 5.74) is 3.65. The molecule has 0 amide bonds. The van der Waals surface area contributed by atoms with Crippen LogP contribution in [0, 0.1) is 11.8 Å². The fourth-order valence-electron chi connectivity index (χ4n) is 5.60. The zero-order valence-corrected chi connectivity index (χ0v) is 20.7. The molecule has 0 saturated heterocycles. The first-order valence-corrected chi connectivity index (χ1v) is 12.5. The Hall–Kier alpha value is -3.74. The van der Waals surface area contributed by atoms with Crippen LogP contribution in [0.1, 0.15) is 55.5 Å². The van der Waals surface area contributed by atoms with E-state index in [1.807, 2.05) is 31.2 Å². The van der Waals surface area contributed by atoms with E-state index in [1.54, 1.807) is 18.3 Å². The highest BCUT2D eigenvalue weighted by molar-refractivity contribution is 6.20. The van der Waals surface area contributed by atoms with Crippen LogP contribution < -0.4 is 0 Å². The van der Waals surface area contributed by atoms with E-state index in [0.717, 1.165) is 29.8 Å². The molecular weight excluding hydrogens is 477 g/mol. The molecule has 2 aliphatic rings. The lowest BCUT2D eigenvalue weighted by Gasteiger charge is -2.36. The van der Waals surface area contributed by atoms with E-state index in [0.29, 0.717) is 52.9 Å². The van der Waals surface area contributed by atoms with Crippen molar-refractivity contribution in [3.8, 4) is 11.4 Å². The van der Waals surface area contributed by atoms with Gasteiger partial charge in [0.15, 0.2) is 5.78 Å². The number of aromatic amines is 1. The third kappa shape index (κ3) is 4.59. The van der Waals surface area contributed by atoms with Gasteiger partial charge in [-0.25, -0.2) is 4.98 Å². The van der Waals surface area contributed by atoms with Gasteiger partial charge in [-0.15, -0.1) is 0 Å². The van der Waals surface area contributed by atoms with Crippen molar-refractivity contribution in [3.05, 3.63) is 88.8 Å². The predicted molar refractivity (Wildman–Crippen MR) is 136 cm³/mol. The second kappa shape index (κ2) is 9.61. The molecule has 7 heteroatoms. The summed E-state index contributed by atoms with van der Waals surface area (Å²) >= 11 is 0. The maximum atomic E-state index is 13.7. The van der Waals surface area contributed by atoms with E-state index in [-0.39, 0.29) is 11.6 Å². The Balaban J connectivity index is 1.79. The van der Waals surface area contributed by atoms with Gasteiger partial charge >= 0.3 is 6.18 Å². The molecule has 5 rings (SSSR count). The number of allylic oxidation sites excluding steroid dienone is 4. The Kier molecular flexibility index (Phi) is 6.48. The number of hydrogen-bond donors (Lipinski definition) is 1. The topological polar surface area (TPSA) is 62.8 Å². The van der Waals surface area contributed by atoms with Crippen LogP contribution in [0.25, 0.3) is 22.5 Å². The number of halogens is 3. The third-order valence-electron chi connectivity index (χ3n) is 7.38. The van der Waals surface area contributed by atoms with Crippen molar-refractivity contribution in [1.82, 2.24) is 9.97 Å². The van der Waals surface area contributed by atoms with E-state index in [4.69, 9.17) is 0 Å². The lowest BCUT2D eigenvalue weighted by molar-refractivity contribution is -0.137. The van der Waals surface area contributed by atoms with Gasteiger partial charge in [0.25, 0.3) is 0 Å². The third-order valence-corrected chi connectivity index (χ3v) is 7.38. The second-order valence-electron chi connectivity index (χ2n) is 9.67. The summed E-state index contributed by atoms with van der Waals surface area (Å²) in [4.78, 5) is 34.0. The highest BCUT2D eigenvalue weighted by atomic mass is 19.4. The Morgan fingerprint density at radius 1 is 1.08 bits per heavy atom. The number of Topliss-reactive ketones (excluding diaryl/α,β-unsaturated/α-hetero) is 1. The second-order valence-corrected chi connectivity index (χ2v) is 9.67. The number of aromatic nitrogens is 2. The molecule has 1 heterocycles. The molecule has 0 bridgehead atoms. The van der Waals surface area contributed by atoms with E-state index in [9.17, 15) is 22.8 Å². The van der Waals surface area contributed by atoms with Gasteiger partial charge in [-0.1, -0.05) is 49.7 Å². The first kappa shape index (κ1) is 24.9. The number of rotatable bonds is 5. The minimum absolute atomic E-state index is 0.0786. The zero-order valence-electron chi connectivity index (χ0n) is 20.7. The number of hydrogen-bond acceptors (Lipinski definition) is 3.